The van der Waals surface area contributed by atoms with Crippen molar-refractivity contribution in [3.63, 3.8) is 0 Å². The lowest BCUT2D eigenvalue weighted by atomic mass is 9.82. The number of nitrogens with zero attached hydrogens (tertiary/aromatic N) is 3. The van der Waals surface area contributed by atoms with Crippen LogP contribution in [-0.2, 0) is 11.8 Å². The van der Waals surface area contributed by atoms with E-state index in [1.807, 2.05) is 6.07 Å². The van der Waals surface area contributed by atoms with Gasteiger partial charge in [-0.3, -0.25) is 0 Å². The first kappa shape index (κ1) is 21.3. The van der Waals surface area contributed by atoms with E-state index in [4.69, 9.17) is 4.42 Å². The molecule has 5 aromatic rings. The Kier molecular flexibility index (Phi) is 5.24. The molecule has 0 amide bonds. The maximum atomic E-state index is 6.00. The Labute approximate surface area is 194 Å². The zero-order valence-corrected chi connectivity index (χ0v) is 19.9. The smallest absolute Gasteiger partial charge is 0.226 e. The SMILES string of the molecule is CC(C)Cc1cc2c(-c3cc(-c4cc(C(C)(C)C)c5ccccc5c4)ncn3)ccnc2o1. The van der Waals surface area contributed by atoms with Gasteiger partial charge in [-0.1, -0.05) is 58.9 Å². The molecule has 3 heterocycles. The Morgan fingerprint density at radius 2 is 1.64 bits per heavy atom. The third kappa shape index (κ3) is 4.13. The lowest BCUT2D eigenvalue weighted by Gasteiger charge is -2.22. The van der Waals surface area contributed by atoms with Crippen LogP contribution in [0, 0.1) is 5.92 Å². The van der Waals surface area contributed by atoms with Gasteiger partial charge in [0, 0.05) is 29.1 Å². The number of pyridine rings is 1. The highest BCUT2D eigenvalue weighted by Gasteiger charge is 2.19. The summed E-state index contributed by atoms with van der Waals surface area (Å²) in [4.78, 5) is 13.7. The fourth-order valence-corrected chi connectivity index (χ4v) is 4.46. The topological polar surface area (TPSA) is 51.8 Å². The van der Waals surface area contributed by atoms with E-state index < -0.39 is 0 Å². The second-order valence-electron chi connectivity index (χ2n) is 10.2. The van der Waals surface area contributed by atoms with Crippen LogP contribution in [0.5, 0.6) is 0 Å². The van der Waals surface area contributed by atoms with Crippen LogP contribution in [0.15, 0.2) is 71.5 Å². The molecule has 0 spiro atoms. The van der Waals surface area contributed by atoms with Crippen molar-refractivity contribution in [1.29, 1.82) is 0 Å². The fourth-order valence-electron chi connectivity index (χ4n) is 4.46. The summed E-state index contributed by atoms with van der Waals surface area (Å²) >= 11 is 0. The number of furan rings is 1. The predicted molar refractivity (Wildman–Crippen MR) is 135 cm³/mol. The van der Waals surface area contributed by atoms with Gasteiger partial charge in [0.05, 0.1) is 11.4 Å². The van der Waals surface area contributed by atoms with E-state index in [1.165, 1.54) is 16.3 Å². The summed E-state index contributed by atoms with van der Waals surface area (Å²) in [6, 6.07) is 19.2. The van der Waals surface area contributed by atoms with Crippen molar-refractivity contribution in [2.45, 2.75) is 46.5 Å². The van der Waals surface area contributed by atoms with Crippen LogP contribution in [0.3, 0.4) is 0 Å². The molecule has 0 aliphatic carbocycles. The molecule has 4 nitrogen and oxygen atoms in total. The Hall–Kier alpha value is -3.53. The molecule has 5 rings (SSSR count). The lowest BCUT2D eigenvalue weighted by Crippen LogP contribution is -2.12. The Balaban J connectivity index is 1.64. The highest BCUT2D eigenvalue weighted by atomic mass is 16.3. The van der Waals surface area contributed by atoms with Gasteiger partial charge in [-0.05, 0) is 58.0 Å². The summed E-state index contributed by atoms with van der Waals surface area (Å²) in [6.07, 6.45) is 4.32. The van der Waals surface area contributed by atoms with Gasteiger partial charge in [-0.15, -0.1) is 0 Å². The number of hydrogen-bond acceptors (Lipinski definition) is 4. The zero-order chi connectivity index (χ0) is 23.2. The van der Waals surface area contributed by atoms with Gasteiger partial charge in [0.2, 0.25) is 5.71 Å². The third-order valence-corrected chi connectivity index (χ3v) is 6.00. The Bertz CT molecular complexity index is 1460. The lowest BCUT2D eigenvalue weighted by molar-refractivity contribution is 0.494. The summed E-state index contributed by atoms with van der Waals surface area (Å²) in [5, 5.41) is 3.50. The van der Waals surface area contributed by atoms with Crippen molar-refractivity contribution in [3.8, 4) is 22.5 Å². The van der Waals surface area contributed by atoms with Gasteiger partial charge in [-0.25, -0.2) is 15.0 Å². The van der Waals surface area contributed by atoms with Crippen molar-refractivity contribution < 1.29 is 4.42 Å². The molecular formula is C29H29N3O. The van der Waals surface area contributed by atoms with Gasteiger partial charge in [-0.2, -0.15) is 0 Å². The molecule has 0 bridgehead atoms. The highest BCUT2D eigenvalue weighted by molar-refractivity contribution is 5.93. The Morgan fingerprint density at radius 3 is 2.42 bits per heavy atom. The summed E-state index contributed by atoms with van der Waals surface area (Å²) in [6.45, 7) is 11.1. The molecule has 33 heavy (non-hydrogen) atoms. The van der Waals surface area contributed by atoms with Crippen LogP contribution < -0.4 is 0 Å². The first-order valence-corrected chi connectivity index (χ1v) is 11.5. The molecule has 4 heteroatoms. The standard InChI is InChI=1S/C29H29N3O/c1-18(2)12-21-15-24-23(10-11-30-28(24)33-21)27-16-26(31-17-32-27)20-13-19-8-6-7-9-22(19)25(14-20)29(3,4)5/h6-11,13-18H,12H2,1-5H3. The van der Waals surface area contributed by atoms with E-state index in [0.29, 0.717) is 11.6 Å². The molecule has 0 radical (unpaired) electrons. The molecule has 0 fully saturated rings. The number of aromatic nitrogens is 3. The van der Waals surface area contributed by atoms with Crippen LogP contribution in [0.4, 0.5) is 0 Å². The Morgan fingerprint density at radius 1 is 0.848 bits per heavy atom. The minimum atomic E-state index is 0.0202. The van der Waals surface area contributed by atoms with E-state index in [-0.39, 0.29) is 5.41 Å². The summed E-state index contributed by atoms with van der Waals surface area (Å²) in [5.74, 6) is 1.48. The molecular weight excluding hydrogens is 406 g/mol. The summed E-state index contributed by atoms with van der Waals surface area (Å²) in [5.41, 5.74) is 5.88. The average molecular weight is 436 g/mol. The monoisotopic (exact) mass is 435 g/mol. The van der Waals surface area contributed by atoms with Crippen LogP contribution in [0.2, 0.25) is 0 Å². The molecule has 0 aliphatic rings. The molecule has 2 aromatic carbocycles. The van der Waals surface area contributed by atoms with Crippen molar-refractivity contribution in [3.05, 3.63) is 78.4 Å². The van der Waals surface area contributed by atoms with E-state index in [1.54, 1.807) is 12.5 Å². The number of fused-ring (bicyclic) bond motifs is 2. The van der Waals surface area contributed by atoms with Crippen LogP contribution in [-0.4, -0.2) is 15.0 Å². The predicted octanol–water partition coefficient (Wildman–Crippen LogP) is 7.60. The maximum Gasteiger partial charge on any atom is 0.226 e. The van der Waals surface area contributed by atoms with Gasteiger partial charge in [0.1, 0.15) is 12.1 Å². The molecule has 0 saturated carbocycles. The van der Waals surface area contributed by atoms with E-state index in [2.05, 4.69) is 98.1 Å². The van der Waals surface area contributed by atoms with Gasteiger partial charge < -0.3 is 4.42 Å². The zero-order valence-electron chi connectivity index (χ0n) is 19.9. The number of rotatable bonds is 4. The molecule has 0 aliphatic heterocycles. The first-order chi connectivity index (χ1) is 15.8. The van der Waals surface area contributed by atoms with Crippen molar-refractivity contribution in [2.24, 2.45) is 5.92 Å². The molecule has 0 saturated heterocycles. The minimum Gasteiger partial charge on any atom is -0.443 e. The third-order valence-electron chi connectivity index (χ3n) is 6.00. The molecule has 0 N–H and O–H groups in total. The van der Waals surface area contributed by atoms with E-state index in [9.17, 15) is 0 Å². The van der Waals surface area contributed by atoms with Crippen molar-refractivity contribution in [1.82, 2.24) is 15.0 Å². The molecule has 166 valence electrons. The minimum absolute atomic E-state index is 0.0202. The summed E-state index contributed by atoms with van der Waals surface area (Å²) < 4.78 is 6.00. The number of benzene rings is 2. The van der Waals surface area contributed by atoms with Gasteiger partial charge >= 0.3 is 0 Å². The average Bonchev–Trinajstić information content (AvgIpc) is 3.19. The highest BCUT2D eigenvalue weighted by Crippen LogP contribution is 2.36. The molecule has 3 aromatic heterocycles. The normalized spacial score (nSPS) is 12.2. The van der Waals surface area contributed by atoms with E-state index >= 15 is 0 Å². The van der Waals surface area contributed by atoms with Crippen LogP contribution in [0.1, 0.15) is 45.9 Å². The van der Waals surface area contributed by atoms with E-state index in [0.717, 1.165) is 40.1 Å². The molecule has 0 unspecified atom stereocenters. The largest absolute Gasteiger partial charge is 0.443 e. The molecule has 0 atom stereocenters. The first-order valence-electron chi connectivity index (χ1n) is 11.5. The fraction of sp³-hybridized carbons (Fsp3) is 0.276. The van der Waals surface area contributed by atoms with Gasteiger partial charge in [0.15, 0.2) is 0 Å². The number of hydrogen-bond donors (Lipinski definition) is 0. The summed E-state index contributed by atoms with van der Waals surface area (Å²) in [7, 11) is 0. The second kappa shape index (κ2) is 8.11. The van der Waals surface area contributed by atoms with Crippen molar-refractivity contribution >= 4 is 21.9 Å². The maximum absolute atomic E-state index is 6.00. The van der Waals surface area contributed by atoms with Crippen LogP contribution in [0.25, 0.3) is 44.4 Å². The van der Waals surface area contributed by atoms with Gasteiger partial charge in [0.25, 0.3) is 0 Å². The van der Waals surface area contributed by atoms with Crippen molar-refractivity contribution in [2.75, 3.05) is 0 Å². The quantitative estimate of drug-likeness (QED) is 0.292. The second-order valence-corrected chi connectivity index (χ2v) is 10.2. The van der Waals surface area contributed by atoms with Crippen LogP contribution >= 0.6 is 0 Å².